The number of hydrogen-bond donors (Lipinski definition) is 2. The third-order valence-corrected chi connectivity index (χ3v) is 3.72. The Hall–Kier alpha value is -1.20. The largest absolute Gasteiger partial charge is 0.394 e. The van der Waals surface area contributed by atoms with Gasteiger partial charge in [0, 0.05) is 16.0 Å². The average Bonchev–Trinajstić information content (AvgIpc) is 2.62. The molecule has 102 valence electrons. The summed E-state index contributed by atoms with van der Waals surface area (Å²) in [5.74, 6) is 0.808. The van der Waals surface area contributed by atoms with Crippen LogP contribution in [0.4, 0.5) is 17.2 Å². The minimum Gasteiger partial charge on any atom is -0.394 e. The van der Waals surface area contributed by atoms with Gasteiger partial charge < -0.3 is 11.1 Å². The molecular weight excluding hydrogens is 328 g/mol. The molecule has 4 nitrogen and oxygen atoms in total. The number of nitrogen functional groups attached to an aromatic ring is 1. The standard InChI is InChI=1S/C13H16BrClN4/c1-3-6-19-13(12(16)8(2)18-19)17-11-7-9(15)4-5-10(11)14/h4-5,7,17H,3,6,16H2,1-2H3. The van der Waals surface area contributed by atoms with Gasteiger partial charge in [-0.05, 0) is 47.5 Å². The van der Waals surface area contributed by atoms with Crippen molar-refractivity contribution in [1.82, 2.24) is 9.78 Å². The zero-order valence-electron chi connectivity index (χ0n) is 10.9. The van der Waals surface area contributed by atoms with Crippen molar-refractivity contribution >= 4 is 44.7 Å². The van der Waals surface area contributed by atoms with Crippen molar-refractivity contribution in [3.8, 4) is 0 Å². The van der Waals surface area contributed by atoms with Gasteiger partial charge in [-0.15, -0.1) is 0 Å². The number of hydrogen-bond acceptors (Lipinski definition) is 3. The fraction of sp³-hybridized carbons (Fsp3) is 0.308. The first-order valence-corrected chi connectivity index (χ1v) is 7.25. The second-order valence-corrected chi connectivity index (χ2v) is 5.61. The van der Waals surface area contributed by atoms with E-state index >= 15 is 0 Å². The first-order chi connectivity index (χ1) is 9.02. The number of aromatic nitrogens is 2. The van der Waals surface area contributed by atoms with E-state index in [1.807, 2.05) is 29.8 Å². The molecule has 0 aliphatic carbocycles. The molecule has 0 bridgehead atoms. The van der Waals surface area contributed by atoms with Crippen LogP contribution >= 0.6 is 27.5 Å². The van der Waals surface area contributed by atoms with Gasteiger partial charge in [0.05, 0.1) is 17.1 Å². The summed E-state index contributed by atoms with van der Waals surface area (Å²) in [7, 11) is 0. The lowest BCUT2D eigenvalue weighted by Gasteiger charge is -2.12. The molecule has 2 rings (SSSR count). The Balaban J connectivity index is 2.39. The second kappa shape index (κ2) is 5.84. The smallest absolute Gasteiger partial charge is 0.152 e. The molecule has 0 amide bonds. The van der Waals surface area contributed by atoms with Gasteiger partial charge in [0.15, 0.2) is 5.82 Å². The normalized spacial score (nSPS) is 10.7. The van der Waals surface area contributed by atoms with E-state index in [9.17, 15) is 0 Å². The van der Waals surface area contributed by atoms with E-state index in [1.54, 1.807) is 0 Å². The van der Waals surface area contributed by atoms with Crippen LogP contribution < -0.4 is 11.1 Å². The van der Waals surface area contributed by atoms with E-state index in [0.717, 1.165) is 34.6 Å². The van der Waals surface area contributed by atoms with Gasteiger partial charge in [-0.25, -0.2) is 4.68 Å². The number of anilines is 3. The van der Waals surface area contributed by atoms with E-state index in [4.69, 9.17) is 17.3 Å². The summed E-state index contributed by atoms with van der Waals surface area (Å²) in [4.78, 5) is 0. The van der Waals surface area contributed by atoms with Crippen LogP contribution in [-0.2, 0) is 6.54 Å². The maximum atomic E-state index is 6.08. The fourth-order valence-electron chi connectivity index (χ4n) is 1.82. The first-order valence-electron chi connectivity index (χ1n) is 6.08. The Kier molecular flexibility index (Phi) is 4.37. The van der Waals surface area contributed by atoms with Crippen molar-refractivity contribution < 1.29 is 0 Å². The van der Waals surface area contributed by atoms with Gasteiger partial charge in [-0.2, -0.15) is 5.10 Å². The molecule has 0 atom stereocenters. The maximum Gasteiger partial charge on any atom is 0.152 e. The first kappa shape index (κ1) is 14.2. The molecule has 1 aromatic heterocycles. The minimum atomic E-state index is 0.667. The van der Waals surface area contributed by atoms with E-state index in [0.29, 0.717) is 10.7 Å². The van der Waals surface area contributed by atoms with Crippen LogP contribution in [-0.4, -0.2) is 9.78 Å². The summed E-state index contributed by atoms with van der Waals surface area (Å²) in [6.07, 6.45) is 0.992. The fourth-order valence-corrected chi connectivity index (χ4v) is 2.34. The van der Waals surface area contributed by atoms with Crippen molar-refractivity contribution in [1.29, 1.82) is 0 Å². The lowest BCUT2D eigenvalue weighted by molar-refractivity contribution is 0.605. The van der Waals surface area contributed by atoms with E-state index < -0.39 is 0 Å². The molecule has 0 spiro atoms. The Morgan fingerprint density at radius 3 is 2.89 bits per heavy atom. The summed E-state index contributed by atoms with van der Waals surface area (Å²) in [5, 5.41) is 8.40. The zero-order chi connectivity index (χ0) is 14.0. The van der Waals surface area contributed by atoms with Crippen LogP contribution in [0, 0.1) is 6.92 Å². The molecule has 2 aromatic rings. The van der Waals surface area contributed by atoms with Crippen molar-refractivity contribution in [3.05, 3.63) is 33.4 Å². The third kappa shape index (κ3) is 3.04. The number of halogens is 2. The van der Waals surface area contributed by atoms with E-state index in [1.165, 1.54) is 0 Å². The van der Waals surface area contributed by atoms with Crippen LogP contribution in [0.3, 0.4) is 0 Å². The highest BCUT2D eigenvalue weighted by molar-refractivity contribution is 9.10. The molecule has 1 heterocycles. The van der Waals surface area contributed by atoms with Gasteiger partial charge in [0.25, 0.3) is 0 Å². The highest BCUT2D eigenvalue weighted by atomic mass is 79.9. The number of rotatable bonds is 4. The molecule has 3 N–H and O–H groups in total. The van der Waals surface area contributed by atoms with Gasteiger partial charge in [0.1, 0.15) is 0 Å². The molecule has 0 saturated carbocycles. The Labute approximate surface area is 126 Å². The summed E-state index contributed by atoms with van der Waals surface area (Å²) < 4.78 is 2.82. The minimum absolute atomic E-state index is 0.667. The molecule has 0 aliphatic rings. The van der Waals surface area contributed by atoms with Crippen LogP contribution in [0.25, 0.3) is 0 Å². The van der Waals surface area contributed by atoms with Crippen molar-refractivity contribution in [3.63, 3.8) is 0 Å². The summed E-state index contributed by atoms with van der Waals surface area (Å²) in [6.45, 7) is 4.82. The zero-order valence-corrected chi connectivity index (χ0v) is 13.2. The topological polar surface area (TPSA) is 55.9 Å². The van der Waals surface area contributed by atoms with Crippen LogP contribution in [0.5, 0.6) is 0 Å². The van der Waals surface area contributed by atoms with Crippen LogP contribution in [0.2, 0.25) is 5.02 Å². The van der Waals surface area contributed by atoms with Crippen LogP contribution in [0.15, 0.2) is 22.7 Å². The van der Waals surface area contributed by atoms with Gasteiger partial charge in [-0.3, -0.25) is 0 Å². The van der Waals surface area contributed by atoms with Gasteiger partial charge in [0.2, 0.25) is 0 Å². The van der Waals surface area contributed by atoms with Crippen molar-refractivity contribution in [2.75, 3.05) is 11.1 Å². The Morgan fingerprint density at radius 2 is 2.21 bits per heavy atom. The number of nitrogens with two attached hydrogens (primary N) is 1. The molecule has 0 fully saturated rings. The quantitative estimate of drug-likeness (QED) is 0.868. The SMILES string of the molecule is CCCn1nc(C)c(N)c1Nc1cc(Cl)ccc1Br. The predicted octanol–water partition coefficient (Wildman–Crippen LogP) is 4.34. The lowest BCUT2D eigenvalue weighted by Crippen LogP contribution is -2.06. The molecule has 0 aliphatic heterocycles. The predicted molar refractivity (Wildman–Crippen MR) is 84.1 cm³/mol. The third-order valence-electron chi connectivity index (χ3n) is 2.79. The number of aryl methyl sites for hydroxylation is 2. The number of benzene rings is 1. The van der Waals surface area contributed by atoms with Crippen molar-refractivity contribution in [2.45, 2.75) is 26.8 Å². The molecular formula is C13H16BrClN4. The molecule has 6 heteroatoms. The number of nitrogens with one attached hydrogen (secondary N) is 1. The molecule has 1 aromatic carbocycles. The molecule has 0 radical (unpaired) electrons. The maximum absolute atomic E-state index is 6.08. The highest BCUT2D eigenvalue weighted by Crippen LogP contribution is 2.32. The molecule has 0 saturated heterocycles. The summed E-state index contributed by atoms with van der Waals surface area (Å²) in [5.41, 5.74) is 8.44. The summed E-state index contributed by atoms with van der Waals surface area (Å²) in [6, 6.07) is 5.58. The Morgan fingerprint density at radius 1 is 1.47 bits per heavy atom. The monoisotopic (exact) mass is 342 g/mol. The molecule has 0 unspecified atom stereocenters. The van der Waals surface area contributed by atoms with Crippen LogP contribution in [0.1, 0.15) is 19.0 Å². The lowest BCUT2D eigenvalue weighted by atomic mass is 10.3. The van der Waals surface area contributed by atoms with E-state index in [-0.39, 0.29) is 0 Å². The second-order valence-electron chi connectivity index (χ2n) is 4.32. The summed E-state index contributed by atoms with van der Waals surface area (Å²) >= 11 is 9.51. The van der Waals surface area contributed by atoms with Crippen molar-refractivity contribution in [2.24, 2.45) is 0 Å². The highest BCUT2D eigenvalue weighted by Gasteiger charge is 2.13. The van der Waals surface area contributed by atoms with Gasteiger partial charge in [-0.1, -0.05) is 18.5 Å². The molecule has 19 heavy (non-hydrogen) atoms. The Bertz CT molecular complexity index is 595. The van der Waals surface area contributed by atoms with E-state index in [2.05, 4.69) is 33.3 Å². The average molecular weight is 344 g/mol. The van der Waals surface area contributed by atoms with Gasteiger partial charge >= 0.3 is 0 Å². The number of nitrogens with zero attached hydrogens (tertiary/aromatic N) is 2.